The van der Waals surface area contributed by atoms with Gasteiger partial charge in [-0.3, -0.25) is 4.79 Å². The Bertz CT molecular complexity index is 1280. The van der Waals surface area contributed by atoms with Gasteiger partial charge >= 0.3 is 23.9 Å². The third-order valence-corrected chi connectivity index (χ3v) is 5.80. The van der Waals surface area contributed by atoms with E-state index in [-0.39, 0.29) is 16.7 Å². The van der Waals surface area contributed by atoms with Crippen LogP contribution in [0.25, 0.3) is 0 Å². The van der Waals surface area contributed by atoms with Gasteiger partial charge in [0.25, 0.3) is 0 Å². The van der Waals surface area contributed by atoms with Gasteiger partial charge in [0.15, 0.2) is 24.6 Å². The van der Waals surface area contributed by atoms with Crippen LogP contribution in [0.1, 0.15) is 38.0 Å². The molecule has 1 fully saturated rings. The summed E-state index contributed by atoms with van der Waals surface area (Å²) in [4.78, 5) is 50.5. The first-order chi connectivity index (χ1) is 18.8. The van der Waals surface area contributed by atoms with Gasteiger partial charge in [-0.25, -0.2) is 14.4 Å². The molecule has 1 N–H and O–H groups in total. The number of hydrogen-bond donors (Lipinski definition) is 1. The summed E-state index contributed by atoms with van der Waals surface area (Å²) in [6.07, 6.45) is -7.60. The smallest absolute Gasteiger partial charge is 0.338 e. The monoisotopic (exact) mass is 534 g/mol. The first kappa shape index (κ1) is 27.5. The van der Waals surface area contributed by atoms with Gasteiger partial charge in [0.2, 0.25) is 0 Å². The Balaban J connectivity index is 1.64. The molecule has 1 aliphatic rings. The van der Waals surface area contributed by atoms with Crippen LogP contribution in [0.15, 0.2) is 91.0 Å². The molecule has 202 valence electrons. The Morgan fingerprint density at radius 3 is 1.54 bits per heavy atom. The van der Waals surface area contributed by atoms with Crippen molar-refractivity contribution in [3.63, 3.8) is 0 Å². The van der Waals surface area contributed by atoms with Crippen LogP contribution in [-0.2, 0) is 28.5 Å². The van der Waals surface area contributed by atoms with E-state index in [2.05, 4.69) is 0 Å². The molecule has 39 heavy (non-hydrogen) atoms. The van der Waals surface area contributed by atoms with E-state index in [4.69, 9.17) is 23.7 Å². The molecule has 1 heterocycles. The molecule has 0 saturated carbocycles. The van der Waals surface area contributed by atoms with Gasteiger partial charge in [0.1, 0.15) is 12.7 Å². The maximum absolute atomic E-state index is 13.0. The lowest BCUT2D eigenvalue weighted by Crippen LogP contribution is -2.62. The zero-order valence-electron chi connectivity index (χ0n) is 20.9. The van der Waals surface area contributed by atoms with Gasteiger partial charge in [0.05, 0.1) is 16.7 Å². The number of aliphatic hydroxyl groups excluding tert-OH is 1. The van der Waals surface area contributed by atoms with Crippen molar-refractivity contribution in [2.75, 3.05) is 6.61 Å². The molecular formula is C29H26O10. The maximum Gasteiger partial charge on any atom is 0.338 e. The minimum atomic E-state index is -1.80. The van der Waals surface area contributed by atoms with Crippen LogP contribution >= 0.6 is 0 Å². The third-order valence-electron chi connectivity index (χ3n) is 5.80. The van der Waals surface area contributed by atoms with E-state index >= 15 is 0 Å². The van der Waals surface area contributed by atoms with Crippen LogP contribution in [0.5, 0.6) is 0 Å². The first-order valence-corrected chi connectivity index (χ1v) is 12.1. The predicted octanol–water partition coefficient (Wildman–Crippen LogP) is 2.94. The molecule has 0 bridgehead atoms. The highest BCUT2D eigenvalue weighted by Gasteiger charge is 2.52. The van der Waals surface area contributed by atoms with E-state index in [0.29, 0.717) is 0 Å². The standard InChI is InChI=1S/C29H26O10/c1-18(30)36-25-24(39-28(33)21-15-9-4-10-16-21)23(38-27(32)20-13-7-3-8-14-20)22(37-29(25)34)17-35-26(31)19-11-5-2-6-12-19/h2-16,22-25,29,34H,17H2,1H3/t22?,23-,24?,25?,29+/m0/s1. The maximum atomic E-state index is 13.0. The lowest BCUT2D eigenvalue weighted by Gasteiger charge is -2.42. The first-order valence-electron chi connectivity index (χ1n) is 12.1. The SMILES string of the molecule is CC(=O)OC1C(OC(=O)c2ccccc2)[C@@H](OC(=O)c2ccccc2)C(COC(=O)c2ccccc2)O[C@H]1O. The summed E-state index contributed by atoms with van der Waals surface area (Å²) in [7, 11) is 0. The fourth-order valence-electron chi connectivity index (χ4n) is 3.97. The molecular weight excluding hydrogens is 508 g/mol. The van der Waals surface area contributed by atoms with Crippen molar-refractivity contribution in [1.29, 1.82) is 0 Å². The van der Waals surface area contributed by atoms with E-state index in [1.165, 1.54) is 24.3 Å². The van der Waals surface area contributed by atoms with Gasteiger partial charge in [-0.2, -0.15) is 0 Å². The van der Waals surface area contributed by atoms with Crippen molar-refractivity contribution >= 4 is 23.9 Å². The van der Waals surface area contributed by atoms with Gasteiger partial charge in [-0.15, -0.1) is 0 Å². The van der Waals surface area contributed by atoms with E-state index in [9.17, 15) is 24.3 Å². The highest BCUT2D eigenvalue weighted by molar-refractivity contribution is 5.91. The lowest BCUT2D eigenvalue weighted by molar-refractivity contribution is -0.288. The quantitative estimate of drug-likeness (QED) is 0.339. The summed E-state index contributed by atoms with van der Waals surface area (Å²) in [6, 6.07) is 24.1. The zero-order valence-corrected chi connectivity index (χ0v) is 20.9. The molecule has 0 spiro atoms. The van der Waals surface area contributed by atoms with Crippen LogP contribution in [0, 0.1) is 0 Å². The van der Waals surface area contributed by atoms with Crippen LogP contribution < -0.4 is 0 Å². The number of esters is 4. The number of benzene rings is 3. The van der Waals surface area contributed by atoms with Crippen molar-refractivity contribution in [3.8, 4) is 0 Å². The number of carbonyl (C=O) groups excluding carboxylic acids is 4. The van der Waals surface area contributed by atoms with Crippen LogP contribution in [0.2, 0.25) is 0 Å². The second-order valence-corrected chi connectivity index (χ2v) is 8.58. The van der Waals surface area contributed by atoms with Gasteiger partial charge < -0.3 is 28.8 Å². The van der Waals surface area contributed by atoms with E-state index in [0.717, 1.165) is 6.92 Å². The third kappa shape index (κ3) is 7.07. The van der Waals surface area contributed by atoms with Gasteiger partial charge in [-0.05, 0) is 36.4 Å². The molecule has 0 aliphatic carbocycles. The molecule has 1 aliphatic heterocycles. The Labute approximate surface area is 224 Å². The van der Waals surface area contributed by atoms with Crippen LogP contribution in [0.4, 0.5) is 0 Å². The fourth-order valence-corrected chi connectivity index (χ4v) is 3.97. The van der Waals surface area contributed by atoms with Crippen molar-refractivity contribution in [3.05, 3.63) is 108 Å². The summed E-state index contributed by atoms with van der Waals surface area (Å²) in [5.41, 5.74) is 0.609. The second kappa shape index (κ2) is 12.8. The molecule has 0 radical (unpaired) electrons. The molecule has 10 heteroatoms. The summed E-state index contributed by atoms with van der Waals surface area (Å²) in [5, 5.41) is 10.7. The number of rotatable bonds is 8. The minimum Gasteiger partial charge on any atom is -0.459 e. The molecule has 3 aromatic carbocycles. The average Bonchev–Trinajstić information content (AvgIpc) is 2.96. The number of carbonyl (C=O) groups is 4. The van der Waals surface area contributed by atoms with E-state index in [1.54, 1.807) is 66.7 Å². The van der Waals surface area contributed by atoms with Crippen LogP contribution in [-0.4, -0.2) is 66.3 Å². The van der Waals surface area contributed by atoms with Gasteiger partial charge in [-0.1, -0.05) is 54.6 Å². The molecule has 10 nitrogen and oxygen atoms in total. The lowest BCUT2D eigenvalue weighted by atomic mass is 9.98. The summed E-state index contributed by atoms with van der Waals surface area (Å²) in [6.45, 7) is 0.616. The molecule has 0 amide bonds. The molecule has 4 rings (SSSR count). The second-order valence-electron chi connectivity index (χ2n) is 8.58. The number of ether oxygens (including phenoxy) is 5. The van der Waals surface area contributed by atoms with Crippen molar-refractivity contribution in [2.45, 2.75) is 37.6 Å². The highest BCUT2D eigenvalue weighted by atomic mass is 16.7. The summed E-state index contributed by atoms with van der Waals surface area (Å²) < 4.78 is 27.5. The minimum absolute atomic E-state index is 0.167. The zero-order chi connectivity index (χ0) is 27.8. The molecule has 3 unspecified atom stereocenters. The van der Waals surface area contributed by atoms with E-state index in [1.807, 2.05) is 0 Å². The number of hydrogen-bond acceptors (Lipinski definition) is 10. The van der Waals surface area contributed by atoms with Crippen molar-refractivity contribution in [1.82, 2.24) is 0 Å². The molecule has 3 aromatic rings. The van der Waals surface area contributed by atoms with Crippen molar-refractivity contribution in [2.24, 2.45) is 0 Å². The summed E-state index contributed by atoms with van der Waals surface area (Å²) >= 11 is 0. The molecule has 0 aromatic heterocycles. The molecule has 1 saturated heterocycles. The number of aliphatic hydroxyl groups is 1. The normalized spacial score (nSPS) is 22.3. The Hall–Kier alpha value is -4.54. The largest absolute Gasteiger partial charge is 0.459 e. The molecule has 5 atom stereocenters. The predicted molar refractivity (Wildman–Crippen MR) is 134 cm³/mol. The average molecular weight is 535 g/mol. The Kier molecular flexibility index (Phi) is 9.03. The Morgan fingerprint density at radius 1 is 0.641 bits per heavy atom. The fraction of sp³-hybridized carbons (Fsp3) is 0.241. The topological polar surface area (TPSA) is 135 Å². The van der Waals surface area contributed by atoms with Gasteiger partial charge in [0, 0.05) is 6.92 Å². The van der Waals surface area contributed by atoms with Crippen molar-refractivity contribution < 1.29 is 48.0 Å². The Morgan fingerprint density at radius 2 is 1.08 bits per heavy atom. The highest BCUT2D eigenvalue weighted by Crippen LogP contribution is 2.29. The summed E-state index contributed by atoms with van der Waals surface area (Å²) in [5.74, 6) is -3.12. The van der Waals surface area contributed by atoms with E-state index < -0.39 is 61.2 Å². The van der Waals surface area contributed by atoms with Crippen LogP contribution in [0.3, 0.4) is 0 Å².